The highest BCUT2D eigenvalue weighted by atomic mass is 35.5. The lowest BCUT2D eigenvalue weighted by atomic mass is 10.2. The van der Waals surface area contributed by atoms with Gasteiger partial charge in [0.15, 0.2) is 0 Å². The van der Waals surface area contributed by atoms with Crippen LogP contribution >= 0.6 is 11.6 Å². The standard InChI is InChI=1S/C10H16ClN3O/c1-2-3-4-5-6-15-9-8(12)7-13-10(11)14-9/h7H,2-6,12H2,1H3. The molecule has 0 aliphatic carbocycles. The number of nitrogen functional groups attached to an aromatic ring is 1. The molecule has 0 fully saturated rings. The summed E-state index contributed by atoms with van der Waals surface area (Å²) in [6.45, 7) is 2.79. The van der Waals surface area contributed by atoms with E-state index in [0.717, 1.165) is 12.8 Å². The topological polar surface area (TPSA) is 61.0 Å². The van der Waals surface area contributed by atoms with E-state index in [9.17, 15) is 0 Å². The van der Waals surface area contributed by atoms with Crippen LogP contribution in [0.2, 0.25) is 5.28 Å². The van der Waals surface area contributed by atoms with Gasteiger partial charge in [0, 0.05) is 0 Å². The molecule has 0 saturated carbocycles. The highest BCUT2D eigenvalue weighted by molar-refractivity contribution is 6.28. The molecule has 5 heteroatoms. The lowest BCUT2D eigenvalue weighted by Crippen LogP contribution is -2.03. The van der Waals surface area contributed by atoms with E-state index < -0.39 is 0 Å². The molecule has 0 aromatic carbocycles. The summed E-state index contributed by atoms with van der Waals surface area (Å²) in [6.07, 6.45) is 6.06. The van der Waals surface area contributed by atoms with E-state index in [2.05, 4.69) is 16.9 Å². The molecule has 0 saturated heterocycles. The molecule has 1 rings (SSSR count). The number of ether oxygens (including phenoxy) is 1. The van der Waals surface area contributed by atoms with Crippen molar-refractivity contribution in [2.75, 3.05) is 12.3 Å². The summed E-state index contributed by atoms with van der Waals surface area (Å²) in [5.74, 6) is 0.381. The molecule has 1 heterocycles. The van der Waals surface area contributed by atoms with Gasteiger partial charge < -0.3 is 10.5 Å². The number of unbranched alkanes of at least 4 members (excludes halogenated alkanes) is 3. The molecule has 0 unspecified atom stereocenters. The number of rotatable bonds is 6. The maximum atomic E-state index is 5.62. The molecule has 1 aromatic rings. The molecule has 2 N–H and O–H groups in total. The second kappa shape index (κ2) is 6.45. The second-order valence-corrected chi connectivity index (χ2v) is 3.65. The second-order valence-electron chi connectivity index (χ2n) is 3.31. The van der Waals surface area contributed by atoms with Crippen LogP contribution in [0.4, 0.5) is 5.69 Å². The van der Waals surface area contributed by atoms with Gasteiger partial charge in [0.1, 0.15) is 5.69 Å². The summed E-state index contributed by atoms with van der Waals surface area (Å²) < 4.78 is 5.40. The number of halogens is 1. The summed E-state index contributed by atoms with van der Waals surface area (Å²) >= 11 is 5.62. The molecule has 0 atom stereocenters. The van der Waals surface area contributed by atoms with Crippen LogP contribution in [-0.4, -0.2) is 16.6 Å². The zero-order valence-corrected chi connectivity index (χ0v) is 9.63. The van der Waals surface area contributed by atoms with Crippen molar-refractivity contribution in [3.8, 4) is 5.88 Å². The summed E-state index contributed by atoms with van der Waals surface area (Å²) in [5.41, 5.74) is 6.05. The Balaban J connectivity index is 2.33. The van der Waals surface area contributed by atoms with Crippen molar-refractivity contribution in [3.63, 3.8) is 0 Å². The number of anilines is 1. The van der Waals surface area contributed by atoms with E-state index in [0.29, 0.717) is 18.2 Å². The van der Waals surface area contributed by atoms with Crippen LogP contribution in [0, 0.1) is 0 Å². The Hall–Kier alpha value is -1.03. The van der Waals surface area contributed by atoms with Crippen LogP contribution in [0.3, 0.4) is 0 Å². The lowest BCUT2D eigenvalue weighted by molar-refractivity contribution is 0.295. The quantitative estimate of drug-likeness (QED) is 0.602. The number of hydrogen-bond acceptors (Lipinski definition) is 4. The third kappa shape index (κ3) is 4.34. The number of hydrogen-bond donors (Lipinski definition) is 1. The first-order valence-electron chi connectivity index (χ1n) is 5.15. The largest absolute Gasteiger partial charge is 0.476 e. The summed E-state index contributed by atoms with van der Waals surface area (Å²) in [6, 6.07) is 0. The minimum absolute atomic E-state index is 0.160. The van der Waals surface area contributed by atoms with Gasteiger partial charge in [-0.3, -0.25) is 0 Å². The third-order valence-corrected chi connectivity index (χ3v) is 2.17. The average Bonchev–Trinajstić information content (AvgIpc) is 2.23. The van der Waals surface area contributed by atoms with Crippen LogP contribution in [0.15, 0.2) is 6.20 Å². The van der Waals surface area contributed by atoms with Crippen LogP contribution < -0.4 is 10.5 Å². The van der Waals surface area contributed by atoms with Crippen molar-refractivity contribution in [2.45, 2.75) is 32.6 Å². The molecule has 1 aromatic heterocycles. The Kier molecular flexibility index (Phi) is 5.18. The van der Waals surface area contributed by atoms with Crippen molar-refractivity contribution >= 4 is 17.3 Å². The summed E-state index contributed by atoms with van der Waals surface area (Å²) in [4.78, 5) is 7.64. The molecular weight excluding hydrogens is 214 g/mol. The average molecular weight is 230 g/mol. The summed E-state index contributed by atoms with van der Waals surface area (Å²) in [5, 5.41) is 0.160. The van der Waals surface area contributed by atoms with Gasteiger partial charge in [-0.05, 0) is 18.0 Å². The van der Waals surface area contributed by atoms with Gasteiger partial charge in [-0.15, -0.1) is 0 Å². The molecule has 0 aliphatic heterocycles. The molecule has 0 radical (unpaired) electrons. The molecule has 0 spiro atoms. The molecular formula is C10H16ClN3O. The lowest BCUT2D eigenvalue weighted by Gasteiger charge is -2.06. The van der Waals surface area contributed by atoms with Gasteiger partial charge >= 0.3 is 0 Å². The maximum absolute atomic E-state index is 5.62. The van der Waals surface area contributed by atoms with E-state index in [4.69, 9.17) is 22.1 Å². The normalized spacial score (nSPS) is 10.3. The molecule has 0 bridgehead atoms. The fourth-order valence-corrected chi connectivity index (χ4v) is 1.29. The van der Waals surface area contributed by atoms with Gasteiger partial charge in [-0.2, -0.15) is 4.98 Å². The zero-order chi connectivity index (χ0) is 11.1. The van der Waals surface area contributed by atoms with Crippen molar-refractivity contribution in [3.05, 3.63) is 11.5 Å². The van der Waals surface area contributed by atoms with Crippen LogP contribution in [-0.2, 0) is 0 Å². The number of nitrogens with two attached hydrogens (primary N) is 1. The van der Waals surface area contributed by atoms with Crippen LogP contribution in [0.1, 0.15) is 32.6 Å². The van der Waals surface area contributed by atoms with Crippen molar-refractivity contribution in [1.29, 1.82) is 0 Å². The summed E-state index contributed by atoms with van der Waals surface area (Å²) in [7, 11) is 0. The highest BCUT2D eigenvalue weighted by Crippen LogP contribution is 2.18. The van der Waals surface area contributed by atoms with Crippen molar-refractivity contribution < 1.29 is 4.74 Å². The minimum atomic E-state index is 0.160. The van der Waals surface area contributed by atoms with Gasteiger partial charge in [-0.1, -0.05) is 26.2 Å². The zero-order valence-electron chi connectivity index (χ0n) is 8.87. The van der Waals surface area contributed by atoms with Crippen molar-refractivity contribution in [1.82, 2.24) is 9.97 Å². The van der Waals surface area contributed by atoms with E-state index in [1.54, 1.807) is 0 Å². The van der Waals surface area contributed by atoms with Gasteiger partial charge in [0.2, 0.25) is 11.2 Å². The van der Waals surface area contributed by atoms with Gasteiger partial charge in [0.25, 0.3) is 0 Å². The first-order chi connectivity index (χ1) is 7.24. The molecule has 0 amide bonds. The first-order valence-corrected chi connectivity index (χ1v) is 5.52. The van der Waals surface area contributed by atoms with Crippen LogP contribution in [0.5, 0.6) is 5.88 Å². The van der Waals surface area contributed by atoms with Crippen LogP contribution in [0.25, 0.3) is 0 Å². The predicted octanol–water partition coefficient (Wildman–Crippen LogP) is 2.67. The number of aromatic nitrogens is 2. The van der Waals surface area contributed by atoms with Gasteiger partial charge in [0.05, 0.1) is 12.8 Å². The fourth-order valence-electron chi connectivity index (χ4n) is 1.17. The van der Waals surface area contributed by atoms with E-state index in [-0.39, 0.29) is 5.28 Å². The van der Waals surface area contributed by atoms with E-state index in [1.807, 2.05) is 0 Å². The number of nitrogens with zero attached hydrogens (tertiary/aromatic N) is 2. The molecule has 84 valence electrons. The van der Waals surface area contributed by atoms with E-state index >= 15 is 0 Å². The fraction of sp³-hybridized carbons (Fsp3) is 0.600. The molecule has 15 heavy (non-hydrogen) atoms. The maximum Gasteiger partial charge on any atom is 0.241 e. The monoisotopic (exact) mass is 229 g/mol. The Labute approximate surface area is 94.8 Å². The SMILES string of the molecule is CCCCCCOc1nc(Cl)ncc1N. The minimum Gasteiger partial charge on any atom is -0.476 e. The first kappa shape index (κ1) is 12.0. The van der Waals surface area contributed by atoms with Gasteiger partial charge in [-0.25, -0.2) is 4.98 Å². The highest BCUT2D eigenvalue weighted by Gasteiger charge is 2.03. The molecule has 0 aliphatic rings. The Morgan fingerprint density at radius 3 is 2.93 bits per heavy atom. The van der Waals surface area contributed by atoms with Crippen molar-refractivity contribution in [2.24, 2.45) is 0 Å². The predicted molar refractivity (Wildman–Crippen MR) is 61.1 cm³/mol. The van der Waals surface area contributed by atoms with E-state index in [1.165, 1.54) is 19.0 Å². The molecule has 4 nitrogen and oxygen atoms in total. The smallest absolute Gasteiger partial charge is 0.241 e. The Morgan fingerprint density at radius 2 is 2.20 bits per heavy atom. The Bertz CT molecular complexity index is 307. The third-order valence-electron chi connectivity index (χ3n) is 1.99. The Morgan fingerprint density at radius 1 is 1.40 bits per heavy atom.